The number of carbonyl (C=O) groups excluding carboxylic acids is 1. The van der Waals surface area contributed by atoms with Gasteiger partial charge in [0.05, 0.1) is 0 Å². The van der Waals surface area contributed by atoms with Crippen molar-refractivity contribution in [2.75, 3.05) is 18.0 Å². The van der Waals surface area contributed by atoms with Crippen molar-refractivity contribution >= 4 is 11.7 Å². The second kappa shape index (κ2) is 6.73. The van der Waals surface area contributed by atoms with Crippen molar-refractivity contribution in [1.82, 2.24) is 20.3 Å². The van der Waals surface area contributed by atoms with Crippen LogP contribution in [0.25, 0.3) is 0 Å². The van der Waals surface area contributed by atoms with Gasteiger partial charge in [0, 0.05) is 31.4 Å². The molecule has 0 atom stereocenters. The lowest BCUT2D eigenvalue weighted by molar-refractivity contribution is -0.141. The normalized spacial score (nSPS) is 16.1. The van der Waals surface area contributed by atoms with Crippen LogP contribution in [0.1, 0.15) is 34.8 Å². The first-order chi connectivity index (χ1) is 11.8. The number of alkyl halides is 3. The third kappa shape index (κ3) is 4.09. The number of hydrogen-bond acceptors (Lipinski definition) is 4. The Kier molecular flexibility index (Phi) is 4.65. The number of carbonyl (C=O) groups is 1. The number of aromatic nitrogens is 3. The van der Waals surface area contributed by atoms with E-state index in [-0.39, 0.29) is 23.6 Å². The van der Waals surface area contributed by atoms with E-state index >= 15 is 0 Å². The minimum atomic E-state index is -4.50. The van der Waals surface area contributed by atoms with Crippen molar-refractivity contribution in [2.45, 2.75) is 32.0 Å². The minimum Gasteiger partial charge on any atom is -0.357 e. The molecule has 0 saturated carbocycles. The molecule has 134 valence electrons. The maximum Gasteiger partial charge on any atom is 0.433 e. The number of hydrogen-bond donors (Lipinski definition) is 2. The Labute approximate surface area is 142 Å². The summed E-state index contributed by atoms with van der Waals surface area (Å²) in [5.74, 6) is 0.182. The van der Waals surface area contributed by atoms with Crippen LogP contribution in [0.5, 0.6) is 0 Å². The number of piperidine rings is 1. The van der Waals surface area contributed by atoms with E-state index in [1.54, 1.807) is 23.2 Å². The van der Waals surface area contributed by atoms with E-state index in [0.717, 1.165) is 6.07 Å². The number of H-pyrrole nitrogens is 1. The Balaban J connectivity index is 1.62. The van der Waals surface area contributed by atoms with Crippen LogP contribution >= 0.6 is 0 Å². The molecule has 3 rings (SSSR count). The van der Waals surface area contributed by atoms with E-state index in [0.29, 0.717) is 31.6 Å². The van der Waals surface area contributed by atoms with Crippen molar-refractivity contribution in [3.8, 4) is 0 Å². The Hall–Kier alpha value is -2.58. The van der Waals surface area contributed by atoms with Crippen LogP contribution in [0.3, 0.4) is 0 Å². The molecule has 9 heteroatoms. The number of aryl methyl sites for hydroxylation is 1. The minimum absolute atomic E-state index is 0.0166. The van der Waals surface area contributed by atoms with Crippen LogP contribution in [0.15, 0.2) is 24.4 Å². The number of nitrogens with one attached hydrogen (secondary N) is 2. The molecule has 1 amide bonds. The molecule has 1 saturated heterocycles. The molecule has 0 radical (unpaired) electrons. The van der Waals surface area contributed by atoms with Gasteiger partial charge < -0.3 is 15.2 Å². The predicted molar refractivity (Wildman–Crippen MR) is 85.3 cm³/mol. The molecule has 0 unspecified atom stereocenters. The lowest BCUT2D eigenvalue weighted by Gasteiger charge is -2.33. The Morgan fingerprint density at radius 3 is 2.64 bits per heavy atom. The van der Waals surface area contributed by atoms with Crippen LogP contribution in [-0.2, 0) is 6.18 Å². The third-order valence-electron chi connectivity index (χ3n) is 4.11. The smallest absolute Gasteiger partial charge is 0.357 e. The first kappa shape index (κ1) is 17.2. The topological polar surface area (TPSA) is 73.9 Å². The van der Waals surface area contributed by atoms with Crippen molar-refractivity contribution < 1.29 is 18.0 Å². The Morgan fingerprint density at radius 2 is 2.04 bits per heavy atom. The summed E-state index contributed by atoms with van der Waals surface area (Å²) >= 11 is 0. The molecule has 2 aromatic rings. The zero-order chi connectivity index (χ0) is 18.0. The summed E-state index contributed by atoms with van der Waals surface area (Å²) in [5.41, 5.74) is -0.444. The summed E-state index contributed by atoms with van der Waals surface area (Å²) in [7, 11) is 0. The highest BCUT2D eigenvalue weighted by molar-refractivity contribution is 5.92. The lowest BCUT2D eigenvalue weighted by atomic mass is 10.0. The van der Waals surface area contributed by atoms with E-state index in [1.807, 2.05) is 0 Å². The molecule has 0 spiro atoms. The average Bonchev–Trinajstić information content (AvgIpc) is 3.09. The molecule has 1 aliphatic rings. The monoisotopic (exact) mass is 353 g/mol. The number of anilines is 1. The number of halogens is 3. The summed E-state index contributed by atoms with van der Waals surface area (Å²) in [4.78, 5) is 24.2. The van der Waals surface area contributed by atoms with Gasteiger partial charge in [-0.15, -0.1) is 0 Å². The summed E-state index contributed by atoms with van der Waals surface area (Å²) < 4.78 is 38.7. The fraction of sp³-hybridized carbons (Fsp3) is 0.438. The first-order valence-corrected chi connectivity index (χ1v) is 7.95. The lowest BCUT2D eigenvalue weighted by Crippen LogP contribution is -2.45. The van der Waals surface area contributed by atoms with E-state index in [4.69, 9.17) is 0 Å². The van der Waals surface area contributed by atoms with Crippen LogP contribution in [0.4, 0.5) is 19.0 Å². The zero-order valence-corrected chi connectivity index (χ0v) is 13.6. The fourth-order valence-corrected chi connectivity index (χ4v) is 2.85. The molecule has 0 aliphatic carbocycles. The molecule has 0 bridgehead atoms. The van der Waals surface area contributed by atoms with E-state index in [9.17, 15) is 18.0 Å². The van der Waals surface area contributed by atoms with Gasteiger partial charge >= 0.3 is 6.18 Å². The van der Waals surface area contributed by atoms with E-state index in [2.05, 4.69) is 20.3 Å². The molecule has 3 heterocycles. The third-order valence-corrected chi connectivity index (χ3v) is 4.11. The molecule has 0 aromatic carbocycles. The highest BCUT2D eigenvalue weighted by atomic mass is 19.4. The van der Waals surface area contributed by atoms with Gasteiger partial charge in [0.25, 0.3) is 5.91 Å². The summed E-state index contributed by atoms with van der Waals surface area (Å²) in [6, 6.07) is 4.39. The van der Waals surface area contributed by atoms with Gasteiger partial charge in [0.1, 0.15) is 23.0 Å². The molecule has 6 nitrogen and oxygen atoms in total. The van der Waals surface area contributed by atoms with Crippen LogP contribution in [-0.4, -0.2) is 40.0 Å². The van der Waals surface area contributed by atoms with Crippen molar-refractivity contribution in [3.05, 3.63) is 41.6 Å². The molecule has 25 heavy (non-hydrogen) atoms. The summed E-state index contributed by atoms with van der Waals surface area (Å²) in [5, 5.41) is 2.93. The second-order valence-corrected chi connectivity index (χ2v) is 5.97. The summed E-state index contributed by atoms with van der Waals surface area (Å²) in [6.45, 7) is 2.48. The molecule has 2 aromatic heterocycles. The Morgan fingerprint density at radius 1 is 1.32 bits per heavy atom. The Bertz CT molecular complexity index is 737. The van der Waals surface area contributed by atoms with E-state index in [1.165, 1.54) is 6.92 Å². The number of rotatable bonds is 3. The molecule has 1 fully saturated rings. The zero-order valence-electron chi connectivity index (χ0n) is 13.6. The summed E-state index contributed by atoms with van der Waals surface area (Å²) in [6.07, 6.45) is -1.55. The number of amides is 1. The highest BCUT2D eigenvalue weighted by Gasteiger charge is 2.34. The fourth-order valence-electron chi connectivity index (χ4n) is 2.85. The maximum atomic E-state index is 12.9. The van der Waals surface area contributed by atoms with Crippen LogP contribution in [0, 0.1) is 6.92 Å². The molecular formula is C16H18F3N5O. The number of aromatic amines is 1. The largest absolute Gasteiger partial charge is 0.433 e. The first-order valence-electron chi connectivity index (χ1n) is 7.95. The SMILES string of the molecule is Cc1nc(N2CCC(NC(=O)c3ccc[nH]3)CC2)cc(C(F)(F)F)n1. The van der Waals surface area contributed by atoms with Gasteiger partial charge in [-0.3, -0.25) is 4.79 Å². The van der Waals surface area contributed by atoms with Gasteiger partial charge in [-0.1, -0.05) is 0 Å². The maximum absolute atomic E-state index is 12.9. The quantitative estimate of drug-likeness (QED) is 0.889. The molecule has 1 aliphatic heterocycles. The second-order valence-electron chi connectivity index (χ2n) is 5.97. The molecular weight excluding hydrogens is 335 g/mol. The standard InChI is InChI=1S/C16H18F3N5O/c1-10-21-13(16(17,18)19)9-14(22-10)24-7-4-11(5-8-24)23-15(25)12-3-2-6-20-12/h2-3,6,9,11,20H,4-5,7-8H2,1H3,(H,23,25). The van der Waals surface area contributed by atoms with Crippen molar-refractivity contribution in [3.63, 3.8) is 0 Å². The van der Waals surface area contributed by atoms with Gasteiger partial charge in [-0.25, -0.2) is 9.97 Å². The van der Waals surface area contributed by atoms with Crippen molar-refractivity contribution in [1.29, 1.82) is 0 Å². The number of nitrogens with zero attached hydrogens (tertiary/aromatic N) is 3. The predicted octanol–water partition coefficient (Wildman–Crippen LogP) is 2.53. The van der Waals surface area contributed by atoms with Crippen LogP contribution < -0.4 is 10.2 Å². The van der Waals surface area contributed by atoms with Gasteiger partial charge in [-0.05, 0) is 31.9 Å². The molecule has 2 N–H and O–H groups in total. The average molecular weight is 353 g/mol. The van der Waals surface area contributed by atoms with Gasteiger partial charge in [-0.2, -0.15) is 13.2 Å². The van der Waals surface area contributed by atoms with Crippen LogP contribution in [0.2, 0.25) is 0 Å². The van der Waals surface area contributed by atoms with Gasteiger partial charge in [0.2, 0.25) is 0 Å². The highest BCUT2D eigenvalue weighted by Crippen LogP contribution is 2.30. The van der Waals surface area contributed by atoms with Gasteiger partial charge in [0.15, 0.2) is 0 Å². The van der Waals surface area contributed by atoms with E-state index < -0.39 is 11.9 Å². The van der Waals surface area contributed by atoms with Crippen molar-refractivity contribution in [2.24, 2.45) is 0 Å².